The van der Waals surface area contributed by atoms with E-state index < -0.39 is 31.2 Å². The first-order valence-corrected chi connectivity index (χ1v) is 9.77. The molecule has 130 valence electrons. The van der Waals surface area contributed by atoms with Crippen LogP contribution in [0.25, 0.3) is 16.9 Å². The van der Waals surface area contributed by atoms with E-state index >= 15 is 0 Å². The second-order valence-corrected chi connectivity index (χ2v) is 8.28. The molecule has 0 N–H and O–H groups in total. The van der Waals surface area contributed by atoms with Crippen LogP contribution in [-0.2, 0) is 9.84 Å². The van der Waals surface area contributed by atoms with Crippen LogP contribution in [0.5, 0.6) is 0 Å². The molecule has 5 nitrogen and oxygen atoms in total. The number of hydrogen-bond acceptors (Lipinski definition) is 5. The molecule has 1 aromatic carbocycles. The fourth-order valence-electron chi connectivity index (χ4n) is 2.41. The van der Waals surface area contributed by atoms with Gasteiger partial charge in [-0.3, -0.25) is 14.3 Å². The maximum atomic E-state index is 14.5. The van der Waals surface area contributed by atoms with Crippen LogP contribution in [0.2, 0.25) is 0 Å². The molecule has 3 rings (SSSR count). The van der Waals surface area contributed by atoms with E-state index in [-0.39, 0.29) is 11.3 Å². The first-order chi connectivity index (χ1) is 11.7. The zero-order chi connectivity index (χ0) is 18.4. The monoisotopic (exact) mass is 382 g/mol. The standard InChI is InChI=1S/C16H12F2N2O3S2/c1-9-3-10(7-19-6-9)20-14(8-24-16(20)21)11-4-13(18)15(5-12(11)17)25(2,22)23/h3-8H,1-2H3. The number of rotatable bonds is 3. The van der Waals surface area contributed by atoms with E-state index in [9.17, 15) is 22.0 Å². The number of aryl methyl sites for hydroxylation is 1. The Morgan fingerprint density at radius 3 is 2.48 bits per heavy atom. The van der Waals surface area contributed by atoms with E-state index in [0.29, 0.717) is 11.8 Å². The van der Waals surface area contributed by atoms with Crippen LogP contribution in [0.3, 0.4) is 0 Å². The van der Waals surface area contributed by atoms with Gasteiger partial charge >= 0.3 is 4.87 Å². The minimum atomic E-state index is -3.91. The zero-order valence-electron chi connectivity index (χ0n) is 13.2. The highest BCUT2D eigenvalue weighted by atomic mass is 32.2. The molecular weight excluding hydrogens is 370 g/mol. The Morgan fingerprint density at radius 1 is 1.12 bits per heavy atom. The maximum Gasteiger partial charge on any atom is 0.312 e. The van der Waals surface area contributed by atoms with Crippen molar-refractivity contribution in [3.8, 4) is 16.9 Å². The summed E-state index contributed by atoms with van der Waals surface area (Å²) in [5, 5.41) is 1.39. The second-order valence-electron chi connectivity index (χ2n) is 5.48. The number of thiazole rings is 1. The quantitative estimate of drug-likeness (QED) is 0.698. The van der Waals surface area contributed by atoms with E-state index in [2.05, 4.69) is 4.98 Å². The average Bonchev–Trinajstić information content (AvgIpc) is 2.89. The van der Waals surface area contributed by atoms with Crippen molar-refractivity contribution >= 4 is 21.2 Å². The Kier molecular flexibility index (Phi) is 4.29. The lowest BCUT2D eigenvalue weighted by atomic mass is 10.1. The van der Waals surface area contributed by atoms with Gasteiger partial charge in [0.25, 0.3) is 0 Å². The summed E-state index contributed by atoms with van der Waals surface area (Å²) in [6, 6.07) is 3.09. The molecule has 25 heavy (non-hydrogen) atoms. The molecule has 3 aromatic rings. The molecule has 2 heterocycles. The molecule has 2 aromatic heterocycles. The highest BCUT2D eigenvalue weighted by molar-refractivity contribution is 7.90. The molecule has 0 amide bonds. The van der Waals surface area contributed by atoms with Gasteiger partial charge in [-0.1, -0.05) is 11.3 Å². The van der Waals surface area contributed by atoms with Crippen molar-refractivity contribution in [3.63, 3.8) is 0 Å². The van der Waals surface area contributed by atoms with Gasteiger partial charge in [0.2, 0.25) is 0 Å². The molecule has 0 fully saturated rings. The van der Waals surface area contributed by atoms with Gasteiger partial charge in [0, 0.05) is 23.4 Å². The van der Waals surface area contributed by atoms with Gasteiger partial charge in [0.1, 0.15) is 16.5 Å². The molecule has 0 aliphatic rings. The predicted molar refractivity (Wildman–Crippen MR) is 90.9 cm³/mol. The Bertz CT molecular complexity index is 1130. The number of halogens is 2. The Balaban J connectivity index is 2.26. The SMILES string of the molecule is Cc1cncc(-n2c(-c3cc(F)c(S(C)(=O)=O)cc3F)csc2=O)c1. The van der Waals surface area contributed by atoms with Crippen molar-refractivity contribution in [2.24, 2.45) is 0 Å². The van der Waals surface area contributed by atoms with Crippen LogP contribution < -0.4 is 4.87 Å². The van der Waals surface area contributed by atoms with Gasteiger partial charge in [0.05, 0.1) is 17.6 Å². The summed E-state index contributed by atoms with van der Waals surface area (Å²) in [4.78, 5) is 15.1. The fraction of sp³-hybridized carbons (Fsp3) is 0.125. The Morgan fingerprint density at radius 2 is 1.84 bits per heavy atom. The van der Waals surface area contributed by atoms with E-state index in [1.54, 1.807) is 19.2 Å². The van der Waals surface area contributed by atoms with E-state index in [1.165, 1.54) is 16.1 Å². The van der Waals surface area contributed by atoms with Crippen molar-refractivity contribution in [1.29, 1.82) is 0 Å². The maximum absolute atomic E-state index is 14.5. The molecule has 0 bridgehead atoms. The van der Waals surface area contributed by atoms with Crippen molar-refractivity contribution in [1.82, 2.24) is 9.55 Å². The van der Waals surface area contributed by atoms with Gasteiger partial charge < -0.3 is 0 Å². The van der Waals surface area contributed by atoms with Gasteiger partial charge in [0.15, 0.2) is 9.84 Å². The number of pyridine rings is 1. The largest absolute Gasteiger partial charge is 0.312 e. The highest BCUT2D eigenvalue weighted by Crippen LogP contribution is 2.29. The van der Waals surface area contributed by atoms with E-state index in [1.807, 2.05) is 0 Å². The van der Waals surface area contributed by atoms with Gasteiger partial charge in [-0.2, -0.15) is 0 Å². The van der Waals surface area contributed by atoms with Crippen molar-refractivity contribution in [3.05, 3.63) is 62.8 Å². The lowest BCUT2D eigenvalue weighted by molar-refractivity contribution is 0.557. The minimum Gasteiger partial charge on any atom is -0.266 e. The van der Waals surface area contributed by atoms with E-state index in [4.69, 9.17) is 0 Å². The molecule has 0 aliphatic carbocycles. The average molecular weight is 382 g/mol. The Labute approximate surface area is 146 Å². The molecule has 0 atom stereocenters. The molecule has 0 unspecified atom stereocenters. The van der Waals surface area contributed by atoms with Crippen molar-refractivity contribution in [2.45, 2.75) is 11.8 Å². The fourth-order valence-corrected chi connectivity index (χ4v) is 3.89. The number of hydrogen-bond donors (Lipinski definition) is 0. The molecule has 0 aliphatic heterocycles. The molecular formula is C16H12F2N2O3S2. The van der Waals surface area contributed by atoms with Gasteiger partial charge in [-0.25, -0.2) is 17.2 Å². The third-order valence-corrected chi connectivity index (χ3v) is 5.35. The van der Waals surface area contributed by atoms with Gasteiger partial charge in [-0.15, -0.1) is 0 Å². The summed E-state index contributed by atoms with van der Waals surface area (Å²) in [5.74, 6) is -2.01. The highest BCUT2D eigenvalue weighted by Gasteiger charge is 2.21. The summed E-state index contributed by atoms with van der Waals surface area (Å²) in [6.07, 6.45) is 3.83. The number of aromatic nitrogens is 2. The van der Waals surface area contributed by atoms with Crippen LogP contribution >= 0.6 is 11.3 Å². The molecule has 0 saturated carbocycles. The summed E-state index contributed by atoms with van der Waals surface area (Å²) >= 11 is 0.823. The third-order valence-electron chi connectivity index (χ3n) is 3.51. The number of nitrogens with zero attached hydrogens (tertiary/aromatic N) is 2. The lowest BCUT2D eigenvalue weighted by Gasteiger charge is -2.10. The number of benzene rings is 1. The molecule has 0 radical (unpaired) electrons. The molecule has 0 saturated heterocycles. The predicted octanol–water partition coefficient (Wildman–Crippen LogP) is 2.95. The van der Waals surface area contributed by atoms with Crippen molar-refractivity contribution in [2.75, 3.05) is 6.26 Å². The third kappa shape index (κ3) is 3.24. The minimum absolute atomic E-state index is 0.124. The zero-order valence-corrected chi connectivity index (χ0v) is 14.8. The topological polar surface area (TPSA) is 69.0 Å². The summed E-state index contributed by atoms with van der Waals surface area (Å²) in [7, 11) is -3.91. The Hall–Kier alpha value is -2.39. The lowest BCUT2D eigenvalue weighted by Crippen LogP contribution is -2.13. The molecule has 0 spiro atoms. The van der Waals surface area contributed by atoms with Crippen LogP contribution in [0.1, 0.15) is 5.56 Å². The van der Waals surface area contributed by atoms with Crippen LogP contribution in [0, 0.1) is 18.6 Å². The normalized spacial score (nSPS) is 11.7. The summed E-state index contributed by atoms with van der Waals surface area (Å²) < 4.78 is 52.9. The summed E-state index contributed by atoms with van der Waals surface area (Å²) in [5.41, 5.74) is 1.12. The molecule has 9 heteroatoms. The van der Waals surface area contributed by atoms with Crippen LogP contribution in [0.15, 0.2) is 45.7 Å². The van der Waals surface area contributed by atoms with Crippen LogP contribution in [-0.4, -0.2) is 24.2 Å². The first-order valence-electron chi connectivity index (χ1n) is 7.00. The first kappa shape index (κ1) is 17.4. The number of sulfone groups is 1. The second kappa shape index (κ2) is 6.16. The van der Waals surface area contributed by atoms with E-state index in [0.717, 1.165) is 29.2 Å². The summed E-state index contributed by atoms with van der Waals surface area (Å²) in [6.45, 7) is 1.79. The van der Waals surface area contributed by atoms with Crippen LogP contribution in [0.4, 0.5) is 8.78 Å². The smallest absolute Gasteiger partial charge is 0.266 e. The van der Waals surface area contributed by atoms with Gasteiger partial charge in [-0.05, 0) is 30.7 Å². The van der Waals surface area contributed by atoms with Crippen molar-refractivity contribution < 1.29 is 17.2 Å².